The Morgan fingerprint density at radius 1 is 1.00 bits per heavy atom. The van der Waals surface area contributed by atoms with Crippen molar-refractivity contribution in [1.29, 1.82) is 0 Å². The van der Waals surface area contributed by atoms with Crippen LogP contribution in [-0.4, -0.2) is 0 Å². The van der Waals surface area contributed by atoms with Crippen molar-refractivity contribution in [3.8, 4) is 0 Å². The van der Waals surface area contributed by atoms with Crippen LogP contribution in [0.2, 0.25) is 0 Å². The maximum absolute atomic E-state index is 2.38. The van der Waals surface area contributed by atoms with Gasteiger partial charge in [-0.15, -0.1) is 0 Å². The highest BCUT2D eigenvalue weighted by Crippen LogP contribution is 2.47. The summed E-state index contributed by atoms with van der Waals surface area (Å²) in [6.07, 6.45) is 2.59. The van der Waals surface area contributed by atoms with Crippen molar-refractivity contribution in [2.75, 3.05) is 0 Å². The van der Waals surface area contributed by atoms with Crippen molar-refractivity contribution in [2.24, 2.45) is 10.8 Å². The molecule has 73 valence electrons. The van der Waals surface area contributed by atoms with Gasteiger partial charge in [0.1, 0.15) is 0 Å². The molecule has 0 saturated heterocycles. The first kappa shape index (κ1) is 12.0. The Labute approximate surface area is 78.8 Å². The maximum Gasteiger partial charge on any atom is -0.0241 e. The van der Waals surface area contributed by atoms with Gasteiger partial charge in [0, 0.05) is 0 Å². The average molecular weight is 169 g/mol. The predicted molar refractivity (Wildman–Crippen MR) is 57.1 cm³/mol. The van der Waals surface area contributed by atoms with Gasteiger partial charge in [-0.2, -0.15) is 0 Å². The highest BCUT2D eigenvalue weighted by molar-refractivity contribution is 5.02. The molecule has 12 heavy (non-hydrogen) atoms. The van der Waals surface area contributed by atoms with Crippen LogP contribution in [0.1, 0.15) is 61.3 Å². The molecule has 0 aliphatic rings. The third-order valence-electron chi connectivity index (χ3n) is 3.82. The first-order chi connectivity index (χ1) is 5.25. The van der Waals surface area contributed by atoms with E-state index in [1.54, 1.807) is 5.92 Å². The van der Waals surface area contributed by atoms with Crippen molar-refractivity contribution in [3.63, 3.8) is 0 Å². The van der Waals surface area contributed by atoms with Crippen LogP contribution in [0.15, 0.2) is 0 Å². The molecule has 0 aromatic rings. The van der Waals surface area contributed by atoms with Crippen molar-refractivity contribution >= 4 is 0 Å². The summed E-state index contributed by atoms with van der Waals surface area (Å²) in [5.74, 6) is 1.54. The number of hydrogen-bond acceptors (Lipinski definition) is 0. The van der Waals surface area contributed by atoms with E-state index in [9.17, 15) is 0 Å². The lowest BCUT2D eigenvalue weighted by atomic mass is 9.60. The molecule has 0 aliphatic carbocycles. The second-order valence-corrected chi connectivity index (χ2v) is 5.26. The van der Waals surface area contributed by atoms with E-state index >= 15 is 0 Å². The van der Waals surface area contributed by atoms with E-state index in [1.165, 1.54) is 12.8 Å². The fraction of sp³-hybridized carbons (Fsp3) is 0.917. The molecule has 0 unspecified atom stereocenters. The fourth-order valence-corrected chi connectivity index (χ4v) is 1.61. The molecule has 0 spiro atoms. The predicted octanol–water partition coefficient (Wildman–Crippen LogP) is 4.45. The van der Waals surface area contributed by atoms with E-state index in [0.29, 0.717) is 10.8 Å². The minimum atomic E-state index is 0.364. The normalized spacial score (nSPS) is 14.0. The molecule has 0 heteroatoms. The Hall–Kier alpha value is 0. The van der Waals surface area contributed by atoms with Crippen molar-refractivity contribution in [2.45, 2.75) is 61.3 Å². The SMILES string of the molecule is CCCC(C)(C)C(C)(C)[C](C)C. The van der Waals surface area contributed by atoms with Gasteiger partial charge < -0.3 is 0 Å². The van der Waals surface area contributed by atoms with E-state index in [2.05, 4.69) is 48.5 Å². The summed E-state index contributed by atoms with van der Waals surface area (Å²) in [6.45, 7) is 16.2. The number of hydrogen-bond donors (Lipinski definition) is 0. The van der Waals surface area contributed by atoms with Crippen LogP contribution >= 0.6 is 0 Å². The fourth-order valence-electron chi connectivity index (χ4n) is 1.61. The van der Waals surface area contributed by atoms with E-state index < -0.39 is 0 Å². The zero-order chi connectivity index (χ0) is 9.99. The van der Waals surface area contributed by atoms with Gasteiger partial charge in [0.05, 0.1) is 0 Å². The molecule has 0 amide bonds. The summed E-state index contributed by atoms with van der Waals surface area (Å²) >= 11 is 0. The Kier molecular flexibility index (Phi) is 3.81. The maximum atomic E-state index is 2.38. The quantitative estimate of drug-likeness (QED) is 0.583. The van der Waals surface area contributed by atoms with E-state index in [0.717, 1.165) is 0 Å². The summed E-state index contributed by atoms with van der Waals surface area (Å²) in [4.78, 5) is 0. The summed E-state index contributed by atoms with van der Waals surface area (Å²) in [5, 5.41) is 0. The van der Waals surface area contributed by atoms with Crippen LogP contribution in [-0.2, 0) is 0 Å². The molecule has 0 atom stereocenters. The molecule has 0 N–H and O–H groups in total. The lowest BCUT2D eigenvalue weighted by Gasteiger charge is -2.44. The standard InChI is InChI=1S/C12H25/c1-8-9-11(4,5)12(6,7)10(2)3/h8-9H2,1-7H3. The van der Waals surface area contributed by atoms with E-state index in [-0.39, 0.29) is 0 Å². The topological polar surface area (TPSA) is 0 Å². The van der Waals surface area contributed by atoms with Crippen LogP contribution in [0.25, 0.3) is 0 Å². The van der Waals surface area contributed by atoms with Crippen LogP contribution in [0.4, 0.5) is 0 Å². The van der Waals surface area contributed by atoms with Gasteiger partial charge in [-0.3, -0.25) is 0 Å². The van der Waals surface area contributed by atoms with Gasteiger partial charge >= 0.3 is 0 Å². The van der Waals surface area contributed by atoms with Crippen LogP contribution in [0, 0.1) is 16.7 Å². The summed E-state index contributed by atoms with van der Waals surface area (Å²) in [6, 6.07) is 0. The molecule has 0 nitrogen and oxygen atoms in total. The van der Waals surface area contributed by atoms with E-state index in [1.807, 2.05) is 0 Å². The lowest BCUT2D eigenvalue weighted by Crippen LogP contribution is -2.35. The number of rotatable bonds is 4. The molecule has 0 aromatic heterocycles. The second kappa shape index (κ2) is 3.81. The smallest absolute Gasteiger partial charge is 0.0241 e. The third-order valence-corrected chi connectivity index (χ3v) is 3.82. The molecule has 0 aliphatic heterocycles. The van der Waals surface area contributed by atoms with Gasteiger partial charge in [-0.05, 0) is 23.2 Å². The zero-order valence-corrected chi connectivity index (χ0v) is 9.91. The van der Waals surface area contributed by atoms with Crippen LogP contribution < -0.4 is 0 Å². The first-order valence-corrected chi connectivity index (χ1v) is 5.06. The molecule has 0 aromatic carbocycles. The van der Waals surface area contributed by atoms with Crippen molar-refractivity contribution in [3.05, 3.63) is 5.92 Å². The molecule has 0 rings (SSSR count). The van der Waals surface area contributed by atoms with Crippen LogP contribution in [0.3, 0.4) is 0 Å². The largest absolute Gasteiger partial charge is 0.0654 e. The molecule has 0 saturated carbocycles. The minimum Gasteiger partial charge on any atom is -0.0654 e. The highest BCUT2D eigenvalue weighted by Gasteiger charge is 2.38. The lowest BCUT2D eigenvalue weighted by molar-refractivity contribution is 0.113. The van der Waals surface area contributed by atoms with Crippen molar-refractivity contribution < 1.29 is 0 Å². The van der Waals surface area contributed by atoms with E-state index in [4.69, 9.17) is 0 Å². The van der Waals surface area contributed by atoms with Crippen molar-refractivity contribution in [1.82, 2.24) is 0 Å². The average Bonchev–Trinajstić information content (AvgIpc) is 1.86. The molecular formula is C12H25. The Bertz CT molecular complexity index is 129. The Morgan fingerprint density at radius 2 is 1.42 bits per heavy atom. The Balaban J connectivity index is 4.50. The monoisotopic (exact) mass is 169 g/mol. The highest BCUT2D eigenvalue weighted by atomic mass is 14.4. The third kappa shape index (κ3) is 2.24. The van der Waals surface area contributed by atoms with Gasteiger partial charge in [-0.1, -0.05) is 54.9 Å². The molecule has 0 bridgehead atoms. The molecular weight excluding hydrogens is 144 g/mol. The summed E-state index contributed by atoms with van der Waals surface area (Å²) in [5.41, 5.74) is 0.795. The zero-order valence-electron chi connectivity index (χ0n) is 9.91. The van der Waals surface area contributed by atoms with Gasteiger partial charge in [0.25, 0.3) is 0 Å². The molecule has 0 fully saturated rings. The molecule has 0 heterocycles. The molecule has 1 radical (unpaired) electrons. The van der Waals surface area contributed by atoms with Gasteiger partial charge in [0.15, 0.2) is 0 Å². The first-order valence-electron chi connectivity index (χ1n) is 5.06. The summed E-state index contributed by atoms with van der Waals surface area (Å²) in [7, 11) is 0. The van der Waals surface area contributed by atoms with Crippen LogP contribution in [0.5, 0.6) is 0 Å². The van der Waals surface area contributed by atoms with Gasteiger partial charge in [-0.25, -0.2) is 0 Å². The summed E-state index contributed by atoms with van der Waals surface area (Å²) < 4.78 is 0. The second-order valence-electron chi connectivity index (χ2n) is 5.26. The Morgan fingerprint density at radius 3 is 1.67 bits per heavy atom. The minimum absolute atomic E-state index is 0.364. The van der Waals surface area contributed by atoms with Gasteiger partial charge in [0.2, 0.25) is 0 Å².